The van der Waals surface area contributed by atoms with E-state index in [9.17, 15) is 4.79 Å². The Bertz CT molecular complexity index is 618. The molecule has 8 nitrogen and oxygen atoms in total. The number of amides is 1. The largest absolute Gasteiger partial charge is 0.349 e. The molecule has 108 valence electrons. The molecule has 0 aliphatic carbocycles. The number of hydrogen-bond donors (Lipinski definition) is 2. The molecule has 2 aromatic heterocycles. The van der Waals surface area contributed by atoms with Crippen molar-refractivity contribution in [2.24, 2.45) is 12.8 Å². The minimum absolute atomic E-state index is 0.0430. The molecule has 2 rings (SSSR count). The molecule has 0 aliphatic rings. The summed E-state index contributed by atoms with van der Waals surface area (Å²) in [6.07, 6.45) is 1.75. The average Bonchev–Trinajstić information content (AvgIpc) is 2.97. The van der Waals surface area contributed by atoms with Gasteiger partial charge in [-0.2, -0.15) is 5.10 Å². The summed E-state index contributed by atoms with van der Waals surface area (Å²) < 4.78 is 3.27. The molecule has 0 unspecified atom stereocenters. The summed E-state index contributed by atoms with van der Waals surface area (Å²) >= 11 is 6.16. The van der Waals surface area contributed by atoms with E-state index in [1.54, 1.807) is 22.6 Å². The lowest BCUT2D eigenvalue weighted by Gasteiger charge is -2.00. The number of aromatic nitrogens is 5. The van der Waals surface area contributed by atoms with Crippen molar-refractivity contribution in [1.29, 1.82) is 0 Å². The molecule has 2 heterocycles. The number of hydrogen-bond acceptors (Lipinski definition) is 5. The summed E-state index contributed by atoms with van der Waals surface area (Å²) in [5.41, 5.74) is 7.61. The summed E-state index contributed by atoms with van der Waals surface area (Å²) in [7, 11) is 1.79. The van der Waals surface area contributed by atoms with Crippen molar-refractivity contribution >= 4 is 17.5 Å². The third-order valence-corrected chi connectivity index (χ3v) is 3.30. The number of aryl methyl sites for hydroxylation is 2. The van der Waals surface area contributed by atoms with Gasteiger partial charge in [-0.05, 0) is 6.92 Å². The summed E-state index contributed by atoms with van der Waals surface area (Å²) in [6.45, 7) is 2.63. The molecule has 3 N–H and O–H groups in total. The highest BCUT2D eigenvalue weighted by atomic mass is 35.5. The second-order valence-corrected chi connectivity index (χ2v) is 4.72. The van der Waals surface area contributed by atoms with Gasteiger partial charge in [-0.25, -0.2) is 4.68 Å². The maximum Gasteiger partial charge on any atom is 0.234 e. The topological polar surface area (TPSA) is 104 Å². The molecule has 0 spiro atoms. The van der Waals surface area contributed by atoms with E-state index in [1.807, 2.05) is 6.92 Å². The number of halogens is 1. The predicted octanol–water partition coefficient (Wildman–Crippen LogP) is -0.403. The third kappa shape index (κ3) is 3.14. The molecule has 2 aromatic rings. The molecule has 0 saturated heterocycles. The van der Waals surface area contributed by atoms with Crippen LogP contribution >= 0.6 is 11.6 Å². The van der Waals surface area contributed by atoms with Crippen molar-refractivity contribution in [1.82, 2.24) is 30.1 Å². The molecule has 0 bridgehead atoms. The smallest absolute Gasteiger partial charge is 0.234 e. The maximum atomic E-state index is 11.1. The number of rotatable bonds is 5. The first kappa shape index (κ1) is 14.5. The summed E-state index contributed by atoms with van der Waals surface area (Å²) in [5.74, 6) is -0.231. The maximum absolute atomic E-state index is 11.1. The average molecular weight is 298 g/mol. The fourth-order valence-corrected chi connectivity index (χ4v) is 2.01. The van der Waals surface area contributed by atoms with Crippen LogP contribution in [-0.2, 0) is 24.9 Å². The van der Waals surface area contributed by atoms with Crippen LogP contribution in [0.25, 0.3) is 0 Å². The van der Waals surface area contributed by atoms with Gasteiger partial charge in [0.1, 0.15) is 10.8 Å². The fraction of sp³-hybridized carbons (Fsp3) is 0.455. The van der Waals surface area contributed by atoms with Crippen LogP contribution in [0.5, 0.6) is 0 Å². The summed E-state index contributed by atoms with van der Waals surface area (Å²) in [5, 5.41) is 15.4. The van der Waals surface area contributed by atoms with Crippen molar-refractivity contribution < 1.29 is 4.79 Å². The van der Waals surface area contributed by atoms with Crippen LogP contribution in [0.1, 0.15) is 17.0 Å². The number of nitrogens with two attached hydrogens (primary N) is 1. The lowest BCUT2D eigenvalue weighted by Crippen LogP contribution is -2.29. The lowest BCUT2D eigenvalue weighted by atomic mass is 10.2. The van der Waals surface area contributed by atoms with E-state index in [-0.39, 0.29) is 12.5 Å². The Morgan fingerprint density at radius 2 is 2.30 bits per heavy atom. The van der Waals surface area contributed by atoms with Crippen molar-refractivity contribution in [2.75, 3.05) is 6.54 Å². The molecule has 0 radical (unpaired) electrons. The van der Waals surface area contributed by atoms with Crippen LogP contribution in [-0.4, -0.2) is 37.2 Å². The number of nitrogens with zero attached hydrogens (tertiary/aromatic N) is 5. The monoisotopic (exact) mass is 297 g/mol. The Morgan fingerprint density at radius 1 is 1.55 bits per heavy atom. The molecule has 9 heteroatoms. The van der Waals surface area contributed by atoms with E-state index < -0.39 is 0 Å². The van der Waals surface area contributed by atoms with Gasteiger partial charge in [0.15, 0.2) is 0 Å². The molecule has 0 fully saturated rings. The van der Waals surface area contributed by atoms with Crippen LogP contribution in [0.15, 0.2) is 6.20 Å². The Balaban J connectivity index is 2.04. The zero-order valence-corrected chi connectivity index (χ0v) is 12.1. The van der Waals surface area contributed by atoms with Gasteiger partial charge in [0.2, 0.25) is 5.91 Å². The van der Waals surface area contributed by atoms with Gasteiger partial charge >= 0.3 is 0 Å². The van der Waals surface area contributed by atoms with E-state index in [0.717, 1.165) is 11.3 Å². The molecule has 1 amide bonds. The van der Waals surface area contributed by atoms with Gasteiger partial charge in [0, 0.05) is 12.6 Å². The molecule has 0 saturated carbocycles. The molecule has 0 aromatic carbocycles. The number of carbonyl (C=O) groups is 1. The molecular formula is C11H16ClN7O. The highest BCUT2D eigenvalue weighted by Gasteiger charge is 2.12. The third-order valence-electron chi connectivity index (χ3n) is 2.83. The van der Waals surface area contributed by atoms with Gasteiger partial charge in [-0.3, -0.25) is 9.48 Å². The van der Waals surface area contributed by atoms with E-state index in [2.05, 4.69) is 20.7 Å². The Hall–Kier alpha value is -1.93. The van der Waals surface area contributed by atoms with Gasteiger partial charge in [0.25, 0.3) is 0 Å². The van der Waals surface area contributed by atoms with Crippen molar-refractivity contribution in [3.8, 4) is 0 Å². The minimum atomic E-state index is -0.231. The zero-order chi connectivity index (χ0) is 14.7. The molecular weight excluding hydrogens is 282 g/mol. The SMILES string of the molecule is Cc1nn(C)c(Cl)c1Cn1cc(CNC(=O)CN)nn1. The highest BCUT2D eigenvalue weighted by Crippen LogP contribution is 2.19. The predicted molar refractivity (Wildman–Crippen MR) is 73.0 cm³/mol. The van der Waals surface area contributed by atoms with E-state index in [0.29, 0.717) is 23.9 Å². The standard InChI is InChI=1S/C11H16ClN7O/c1-7-9(11(12)18(2)16-7)6-19-5-8(15-17-19)4-14-10(20)3-13/h5H,3-4,6,13H2,1-2H3,(H,14,20). The van der Waals surface area contributed by atoms with Crippen LogP contribution in [0, 0.1) is 6.92 Å². The van der Waals surface area contributed by atoms with E-state index in [1.165, 1.54) is 0 Å². The summed E-state index contributed by atoms with van der Waals surface area (Å²) in [6, 6.07) is 0. The van der Waals surface area contributed by atoms with Crippen molar-refractivity contribution in [2.45, 2.75) is 20.0 Å². The quantitative estimate of drug-likeness (QED) is 0.781. The van der Waals surface area contributed by atoms with E-state index >= 15 is 0 Å². The van der Waals surface area contributed by atoms with Crippen LogP contribution in [0.4, 0.5) is 0 Å². The van der Waals surface area contributed by atoms with Gasteiger partial charge in [-0.1, -0.05) is 16.8 Å². The lowest BCUT2D eigenvalue weighted by molar-refractivity contribution is -0.119. The second-order valence-electron chi connectivity index (χ2n) is 4.37. The number of carbonyl (C=O) groups excluding carboxylic acids is 1. The normalized spacial score (nSPS) is 10.8. The second kappa shape index (κ2) is 6.02. The van der Waals surface area contributed by atoms with E-state index in [4.69, 9.17) is 17.3 Å². The van der Waals surface area contributed by atoms with Crippen LogP contribution in [0.3, 0.4) is 0 Å². The van der Waals surface area contributed by atoms with Crippen molar-refractivity contribution in [3.63, 3.8) is 0 Å². The number of nitrogens with one attached hydrogen (secondary N) is 1. The minimum Gasteiger partial charge on any atom is -0.349 e. The Morgan fingerprint density at radius 3 is 2.90 bits per heavy atom. The van der Waals surface area contributed by atoms with Crippen LogP contribution < -0.4 is 11.1 Å². The summed E-state index contributed by atoms with van der Waals surface area (Å²) in [4.78, 5) is 11.1. The fourth-order valence-electron chi connectivity index (χ4n) is 1.77. The molecule has 0 atom stereocenters. The Labute approximate surface area is 120 Å². The Kier molecular flexibility index (Phi) is 4.35. The van der Waals surface area contributed by atoms with Crippen molar-refractivity contribution in [3.05, 3.63) is 28.3 Å². The molecule has 0 aliphatic heterocycles. The van der Waals surface area contributed by atoms with Gasteiger partial charge < -0.3 is 11.1 Å². The van der Waals surface area contributed by atoms with Gasteiger partial charge in [0.05, 0.1) is 31.5 Å². The highest BCUT2D eigenvalue weighted by molar-refractivity contribution is 6.30. The zero-order valence-electron chi connectivity index (χ0n) is 11.3. The first-order chi connectivity index (χ1) is 9.51. The molecule has 20 heavy (non-hydrogen) atoms. The first-order valence-electron chi connectivity index (χ1n) is 6.05. The first-order valence-corrected chi connectivity index (χ1v) is 6.42. The van der Waals surface area contributed by atoms with Gasteiger partial charge in [-0.15, -0.1) is 5.10 Å². The van der Waals surface area contributed by atoms with Crippen LogP contribution in [0.2, 0.25) is 5.15 Å².